The molecule has 2 nitrogen and oxygen atoms in total. The standard InChI is InChI=1S/C7H16N2.2ClH/c1-6-5-9(2)4-3-7(6)8;;/h6-7H,3-5,8H2,1-2H3;2*1H/t6-,7-;;/m1../s1. The van der Waals surface area contributed by atoms with Gasteiger partial charge in [0.15, 0.2) is 0 Å². The fourth-order valence-electron chi connectivity index (χ4n) is 1.37. The molecule has 0 amide bonds. The summed E-state index contributed by atoms with van der Waals surface area (Å²) in [6.07, 6.45) is 1.16. The van der Waals surface area contributed by atoms with Crippen LogP contribution in [0.5, 0.6) is 0 Å². The number of hydrogen-bond donors (Lipinski definition) is 1. The Hall–Kier alpha value is 0.500. The second-order valence-electron chi connectivity index (χ2n) is 3.19. The predicted octanol–water partition coefficient (Wildman–Crippen LogP) is 1.13. The molecule has 2 atom stereocenters. The van der Waals surface area contributed by atoms with Gasteiger partial charge in [0.05, 0.1) is 0 Å². The Balaban J connectivity index is 0. The van der Waals surface area contributed by atoms with Crippen LogP contribution < -0.4 is 5.73 Å². The number of hydrogen-bond acceptors (Lipinski definition) is 2. The molecule has 0 radical (unpaired) electrons. The number of piperidine rings is 1. The van der Waals surface area contributed by atoms with E-state index in [4.69, 9.17) is 5.73 Å². The third-order valence-corrected chi connectivity index (χ3v) is 2.17. The largest absolute Gasteiger partial charge is 0.327 e. The Morgan fingerprint density at radius 2 is 1.91 bits per heavy atom. The highest BCUT2D eigenvalue weighted by Crippen LogP contribution is 2.12. The molecule has 4 heteroatoms. The van der Waals surface area contributed by atoms with Crippen molar-refractivity contribution in [2.45, 2.75) is 19.4 Å². The van der Waals surface area contributed by atoms with Crippen LogP contribution in [0.2, 0.25) is 0 Å². The molecule has 1 aliphatic heterocycles. The highest BCUT2D eigenvalue weighted by Gasteiger charge is 2.19. The summed E-state index contributed by atoms with van der Waals surface area (Å²) in [5.41, 5.74) is 5.81. The van der Waals surface area contributed by atoms with Crippen molar-refractivity contribution in [3.8, 4) is 0 Å². The fourth-order valence-corrected chi connectivity index (χ4v) is 1.37. The molecule has 1 rings (SSSR count). The molecule has 1 aliphatic rings. The van der Waals surface area contributed by atoms with E-state index in [1.807, 2.05) is 0 Å². The minimum Gasteiger partial charge on any atom is -0.327 e. The number of likely N-dealkylation sites (tertiary alicyclic amines) is 1. The molecule has 0 bridgehead atoms. The summed E-state index contributed by atoms with van der Waals surface area (Å²) in [5, 5.41) is 0. The van der Waals surface area contributed by atoms with Crippen LogP contribution in [0, 0.1) is 5.92 Å². The van der Waals surface area contributed by atoms with E-state index >= 15 is 0 Å². The summed E-state index contributed by atoms with van der Waals surface area (Å²) in [6.45, 7) is 4.56. The molecule has 11 heavy (non-hydrogen) atoms. The molecular weight excluding hydrogens is 183 g/mol. The SMILES string of the molecule is C[C@@H]1CN(C)CC[C@H]1N.Cl.Cl. The van der Waals surface area contributed by atoms with E-state index in [-0.39, 0.29) is 24.8 Å². The summed E-state index contributed by atoms with van der Waals surface area (Å²) < 4.78 is 0. The molecular formula is C7H18Cl2N2. The molecule has 0 aliphatic carbocycles. The first-order chi connectivity index (χ1) is 4.20. The van der Waals surface area contributed by atoms with E-state index in [1.54, 1.807) is 0 Å². The summed E-state index contributed by atoms with van der Waals surface area (Å²) in [4.78, 5) is 2.34. The van der Waals surface area contributed by atoms with Crippen LogP contribution >= 0.6 is 24.8 Å². The Kier molecular flexibility index (Phi) is 7.75. The monoisotopic (exact) mass is 200 g/mol. The molecule has 2 N–H and O–H groups in total. The third kappa shape index (κ3) is 4.16. The minimum absolute atomic E-state index is 0. The quantitative estimate of drug-likeness (QED) is 0.636. The van der Waals surface area contributed by atoms with Gasteiger partial charge in [-0.25, -0.2) is 0 Å². The molecule has 1 fully saturated rings. The average molecular weight is 201 g/mol. The van der Waals surface area contributed by atoms with Gasteiger partial charge in [-0.1, -0.05) is 6.92 Å². The molecule has 0 aromatic rings. The van der Waals surface area contributed by atoms with Gasteiger partial charge in [0, 0.05) is 12.6 Å². The Morgan fingerprint density at radius 3 is 2.27 bits per heavy atom. The lowest BCUT2D eigenvalue weighted by Gasteiger charge is -2.32. The molecule has 0 aromatic carbocycles. The zero-order valence-corrected chi connectivity index (χ0v) is 8.75. The topological polar surface area (TPSA) is 29.3 Å². The lowest BCUT2D eigenvalue weighted by atomic mass is 9.95. The van der Waals surface area contributed by atoms with Gasteiger partial charge in [0.1, 0.15) is 0 Å². The zero-order chi connectivity index (χ0) is 6.85. The van der Waals surface area contributed by atoms with Gasteiger partial charge >= 0.3 is 0 Å². The summed E-state index contributed by atoms with van der Waals surface area (Å²) in [6, 6.07) is 0.446. The molecule has 0 saturated carbocycles. The maximum absolute atomic E-state index is 5.81. The van der Waals surface area contributed by atoms with E-state index in [0.29, 0.717) is 12.0 Å². The highest BCUT2D eigenvalue weighted by molar-refractivity contribution is 5.85. The minimum atomic E-state index is 0. The lowest BCUT2D eigenvalue weighted by molar-refractivity contribution is 0.197. The van der Waals surface area contributed by atoms with Crippen molar-refractivity contribution in [1.82, 2.24) is 4.90 Å². The fraction of sp³-hybridized carbons (Fsp3) is 1.00. The smallest absolute Gasteiger partial charge is 0.00888 e. The highest BCUT2D eigenvalue weighted by atomic mass is 35.5. The van der Waals surface area contributed by atoms with Gasteiger partial charge in [-0.05, 0) is 25.9 Å². The third-order valence-electron chi connectivity index (χ3n) is 2.17. The van der Waals surface area contributed by atoms with E-state index < -0.39 is 0 Å². The maximum atomic E-state index is 5.81. The van der Waals surface area contributed by atoms with Gasteiger partial charge < -0.3 is 10.6 Å². The van der Waals surface area contributed by atoms with Crippen LogP contribution in [0.25, 0.3) is 0 Å². The van der Waals surface area contributed by atoms with E-state index in [1.165, 1.54) is 13.1 Å². The molecule has 1 heterocycles. The van der Waals surface area contributed by atoms with Gasteiger partial charge in [-0.2, -0.15) is 0 Å². The lowest BCUT2D eigenvalue weighted by Crippen LogP contribution is -2.44. The zero-order valence-electron chi connectivity index (χ0n) is 7.12. The maximum Gasteiger partial charge on any atom is 0.00888 e. The van der Waals surface area contributed by atoms with Crippen molar-refractivity contribution in [1.29, 1.82) is 0 Å². The van der Waals surface area contributed by atoms with Crippen molar-refractivity contribution in [2.75, 3.05) is 20.1 Å². The second kappa shape index (κ2) is 6.06. The van der Waals surface area contributed by atoms with Crippen LogP contribution in [0.3, 0.4) is 0 Å². The van der Waals surface area contributed by atoms with Gasteiger partial charge in [-0.3, -0.25) is 0 Å². The Morgan fingerprint density at radius 1 is 1.36 bits per heavy atom. The molecule has 0 aromatic heterocycles. The van der Waals surface area contributed by atoms with Crippen LogP contribution in [0.1, 0.15) is 13.3 Å². The predicted molar refractivity (Wildman–Crippen MR) is 53.7 cm³/mol. The second-order valence-corrected chi connectivity index (χ2v) is 3.19. The van der Waals surface area contributed by atoms with Crippen molar-refractivity contribution in [3.63, 3.8) is 0 Å². The van der Waals surface area contributed by atoms with Gasteiger partial charge in [0.25, 0.3) is 0 Å². The van der Waals surface area contributed by atoms with Crippen molar-refractivity contribution in [2.24, 2.45) is 11.7 Å². The normalized spacial score (nSPS) is 31.9. The first-order valence-corrected chi connectivity index (χ1v) is 3.64. The van der Waals surface area contributed by atoms with Crippen LogP contribution in [-0.2, 0) is 0 Å². The van der Waals surface area contributed by atoms with Gasteiger partial charge in [0.2, 0.25) is 0 Å². The first kappa shape index (κ1) is 14.0. The summed E-state index contributed by atoms with van der Waals surface area (Å²) >= 11 is 0. The van der Waals surface area contributed by atoms with Crippen LogP contribution in [-0.4, -0.2) is 31.1 Å². The van der Waals surface area contributed by atoms with E-state index in [9.17, 15) is 0 Å². The Labute approximate surface area is 81.3 Å². The Bertz CT molecular complexity index is 100. The van der Waals surface area contributed by atoms with E-state index in [2.05, 4.69) is 18.9 Å². The number of rotatable bonds is 0. The number of halogens is 2. The average Bonchev–Trinajstić information content (AvgIpc) is 1.80. The number of nitrogens with zero attached hydrogens (tertiary/aromatic N) is 1. The van der Waals surface area contributed by atoms with Gasteiger partial charge in [-0.15, -0.1) is 24.8 Å². The first-order valence-electron chi connectivity index (χ1n) is 3.64. The van der Waals surface area contributed by atoms with Crippen molar-refractivity contribution in [3.05, 3.63) is 0 Å². The number of nitrogens with two attached hydrogens (primary N) is 1. The van der Waals surface area contributed by atoms with Crippen molar-refractivity contribution < 1.29 is 0 Å². The molecule has 0 spiro atoms. The molecule has 70 valence electrons. The summed E-state index contributed by atoms with van der Waals surface area (Å²) in [7, 11) is 2.16. The van der Waals surface area contributed by atoms with E-state index in [0.717, 1.165) is 6.42 Å². The van der Waals surface area contributed by atoms with Crippen LogP contribution in [0.15, 0.2) is 0 Å². The summed E-state index contributed by atoms with van der Waals surface area (Å²) in [5.74, 6) is 0.684. The molecule has 0 unspecified atom stereocenters. The van der Waals surface area contributed by atoms with Crippen LogP contribution in [0.4, 0.5) is 0 Å². The van der Waals surface area contributed by atoms with Crippen molar-refractivity contribution >= 4 is 24.8 Å². The molecule has 1 saturated heterocycles.